The van der Waals surface area contributed by atoms with Crippen LogP contribution in [-0.4, -0.2) is 72.7 Å². The number of thiophene rings is 1. The van der Waals surface area contributed by atoms with Crippen molar-refractivity contribution in [3.63, 3.8) is 0 Å². The Morgan fingerprint density at radius 2 is 1.83 bits per heavy atom. The van der Waals surface area contributed by atoms with Crippen molar-refractivity contribution in [1.29, 1.82) is 0 Å². The minimum Gasteiger partial charge on any atom is -0.497 e. The molecule has 160 valence electrons. The lowest BCUT2D eigenvalue weighted by molar-refractivity contribution is 0.126. The Labute approximate surface area is 182 Å². The number of anilines is 1. The van der Waals surface area contributed by atoms with Gasteiger partial charge in [-0.15, -0.1) is 11.3 Å². The van der Waals surface area contributed by atoms with Crippen LogP contribution in [0.3, 0.4) is 0 Å². The maximum absolute atomic E-state index is 5.30. The van der Waals surface area contributed by atoms with Gasteiger partial charge in [-0.3, -0.25) is 0 Å². The fourth-order valence-electron chi connectivity index (χ4n) is 4.06. The molecule has 1 aromatic carbocycles. The molecule has 0 radical (unpaired) electrons. The summed E-state index contributed by atoms with van der Waals surface area (Å²) >= 11 is 1.66. The molecule has 1 saturated heterocycles. The number of nitrogens with zero attached hydrogens (tertiary/aromatic N) is 4. The molecule has 3 aromatic rings. The number of hydrogen-bond donors (Lipinski definition) is 1. The van der Waals surface area contributed by atoms with Crippen molar-refractivity contribution >= 4 is 27.4 Å². The molecule has 0 spiro atoms. The topological polar surface area (TPSA) is 53.5 Å². The minimum absolute atomic E-state index is 0.547. The number of nitrogens with one attached hydrogen (secondary N) is 1. The van der Waals surface area contributed by atoms with Crippen LogP contribution < -0.4 is 10.1 Å². The number of hydrogen-bond acceptors (Lipinski definition) is 7. The summed E-state index contributed by atoms with van der Waals surface area (Å²) in [5.41, 5.74) is 2.32. The van der Waals surface area contributed by atoms with E-state index in [0.29, 0.717) is 5.92 Å². The number of benzene rings is 1. The highest BCUT2D eigenvalue weighted by atomic mass is 32.1. The fourth-order valence-corrected chi connectivity index (χ4v) is 4.97. The summed E-state index contributed by atoms with van der Waals surface area (Å²) in [5.74, 6) is 2.34. The van der Waals surface area contributed by atoms with E-state index in [1.165, 1.54) is 31.7 Å². The Morgan fingerprint density at radius 1 is 1.10 bits per heavy atom. The van der Waals surface area contributed by atoms with Crippen LogP contribution in [0.1, 0.15) is 13.8 Å². The van der Waals surface area contributed by atoms with Crippen LogP contribution in [0.2, 0.25) is 0 Å². The van der Waals surface area contributed by atoms with Crippen molar-refractivity contribution in [2.45, 2.75) is 13.8 Å². The van der Waals surface area contributed by atoms with Gasteiger partial charge in [-0.05, 0) is 30.2 Å². The molecule has 4 rings (SSSR count). The van der Waals surface area contributed by atoms with Gasteiger partial charge in [0.05, 0.1) is 12.5 Å². The summed E-state index contributed by atoms with van der Waals surface area (Å²) < 4.78 is 5.30. The molecule has 1 fully saturated rings. The number of fused-ring (bicyclic) bond motifs is 1. The van der Waals surface area contributed by atoms with Gasteiger partial charge < -0.3 is 19.9 Å². The van der Waals surface area contributed by atoms with Crippen LogP contribution in [0.15, 0.2) is 36.0 Å². The van der Waals surface area contributed by atoms with E-state index < -0.39 is 0 Å². The minimum atomic E-state index is 0.547. The van der Waals surface area contributed by atoms with Gasteiger partial charge in [0.15, 0.2) is 0 Å². The Bertz CT molecular complexity index is 950. The second kappa shape index (κ2) is 9.73. The average molecular weight is 426 g/mol. The molecule has 0 amide bonds. The summed E-state index contributed by atoms with van der Waals surface area (Å²) in [7, 11) is 1.69. The number of ether oxygens (including phenoxy) is 1. The molecule has 1 N–H and O–H groups in total. The second-order valence-electron chi connectivity index (χ2n) is 8.00. The first-order chi connectivity index (χ1) is 14.7. The normalized spacial score (nSPS) is 16.6. The van der Waals surface area contributed by atoms with Gasteiger partial charge in [0.2, 0.25) is 0 Å². The molecule has 1 unspecified atom stereocenters. The monoisotopic (exact) mass is 425 g/mol. The number of rotatable bonds is 8. The molecular formula is C23H31N5OS. The third kappa shape index (κ3) is 4.74. The van der Waals surface area contributed by atoms with Crippen molar-refractivity contribution < 1.29 is 4.74 Å². The third-order valence-corrected chi connectivity index (χ3v) is 6.76. The van der Waals surface area contributed by atoms with E-state index >= 15 is 0 Å². The number of methoxy groups -OCH3 is 1. The molecule has 6 nitrogen and oxygen atoms in total. The summed E-state index contributed by atoms with van der Waals surface area (Å²) in [6, 6.07) is 8.18. The van der Waals surface area contributed by atoms with Crippen LogP contribution in [0.4, 0.5) is 5.82 Å². The van der Waals surface area contributed by atoms with Crippen LogP contribution in [0, 0.1) is 5.92 Å². The SMILES string of the molecule is CCN1CCN(CC(C)CNc2ncnc3scc(-c4ccc(OC)cc4)c23)CC1. The van der Waals surface area contributed by atoms with Gasteiger partial charge in [0.25, 0.3) is 0 Å². The summed E-state index contributed by atoms with van der Waals surface area (Å²) in [5, 5.41) is 6.89. The average Bonchev–Trinajstić information content (AvgIpc) is 3.23. The zero-order valence-corrected chi connectivity index (χ0v) is 18.9. The highest BCUT2D eigenvalue weighted by Crippen LogP contribution is 2.37. The number of piperazine rings is 1. The largest absolute Gasteiger partial charge is 0.497 e. The smallest absolute Gasteiger partial charge is 0.138 e. The first-order valence-corrected chi connectivity index (χ1v) is 11.6. The van der Waals surface area contributed by atoms with Gasteiger partial charge in [0, 0.05) is 50.2 Å². The zero-order chi connectivity index (χ0) is 20.9. The quantitative estimate of drug-likeness (QED) is 0.588. The van der Waals surface area contributed by atoms with E-state index in [0.717, 1.165) is 47.0 Å². The molecular weight excluding hydrogens is 394 g/mol. The van der Waals surface area contributed by atoms with Crippen molar-refractivity contribution in [3.8, 4) is 16.9 Å². The number of likely N-dealkylation sites (N-methyl/N-ethyl adjacent to an activating group) is 1. The molecule has 0 aliphatic carbocycles. The Balaban J connectivity index is 1.44. The maximum Gasteiger partial charge on any atom is 0.138 e. The highest BCUT2D eigenvalue weighted by molar-refractivity contribution is 7.17. The van der Waals surface area contributed by atoms with Crippen molar-refractivity contribution in [3.05, 3.63) is 36.0 Å². The number of aromatic nitrogens is 2. The standard InChI is InChI=1S/C23H31N5OS/c1-4-27-9-11-28(12-10-27)14-17(2)13-24-22-21-20(15-30-23(21)26-16-25-22)18-5-7-19(29-3)8-6-18/h5-8,15-17H,4,9-14H2,1-3H3,(H,24,25,26). The third-order valence-electron chi connectivity index (χ3n) is 5.87. The lowest BCUT2D eigenvalue weighted by atomic mass is 10.1. The van der Waals surface area contributed by atoms with E-state index in [4.69, 9.17) is 4.74 Å². The first-order valence-electron chi connectivity index (χ1n) is 10.7. The first kappa shape index (κ1) is 21.0. The molecule has 0 saturated carbocycles. The van der Waals surface area contributed by atoms with E-state index in [9.17, 15) is 0 Å². The lowest BCUT2D eigenvalue weighted by Gasteiger charge is -2.35. The van der Waals surface area contributed by atoms with E-state index in [2.05, 4.69) is 56.4 Å². The Morgan fingerprint density at radius 3 is 2.53 bits per heavy atom. The van der Waals surface area contributed by atoms with Gasteiger partial charge in [-0.1, -0.05) is 26.0 Å². The van der Waals surface area contributed by atoms with Crippen molar-refractivity contribution in [2.75, 3.05) is 58.2 Å². The zero-order valence-electron chi connectivity index (χ0n) is 18.1. The molecule has 1 atom stereocenters. The van der Waals surface area contributed by atoms with Crippen molar-refractivity contribution in [1.82, 2.24) is 19.8 Å². The molecule has 2 aromatic heterocycles. The van der Waals surface area contributed by atoms with Crippen LogP contribution in [0.5, 0.6) is 5.75 Å². The predicted octanol–water partition coefficient (Wildman–Crippen LogP) is 4.05. The highest BCUT2D eigenvalue weighted by Gasteiger charge is 2.18. The van der Waals surface area contributed by atoms with Crippen molar-refractivity contribution in [2.24, 2.45) is 5.92 Å². The summed E-state index contributed by atoms with van der Waals surface area (Å²) in [6.45, 7) is 12.4. The molecule has 30 heavy (non-hydrogen) atoms. The summed E-state index contributed by atoms with van der Waals surface area (Å²) in [4.78, 5) is 15.2. The molecule has 1 aliphatic heterocycles. The molecule has 1 aliphatic rings. The Kier molecular flexibility index (Phi) is 6.82. The fraction of sp³-hybridized carbons (Fsp3) is 0.478. The predicted molar refractivity (Wildman–Crippen MR) is 126 cm³/mol. The van der Waals surface area contributed by atoms with E-state index in [1.807, 2.05) is 12.1 Å². The summed E-state index contributed by atoms with van der Waals surface area (Å²) in [6.07, 6.45) is 1.66. The lowest BCUT2D eigenvalue weighted by Crippen LogP contribution is -2.47. The van der Waals surface area contributed by atoms with Gasteiger partial charge in [-0.25, -0.2) is 9.97 Å². The molecule has 0 bridgehead atoms. The molecule has 7 heteroatoms. The second-order valence-corrected chi connectivity index (χ2v) is 8.86. The van der Waals surface area contributed by atoms with E-state index in [-0.39, 0.29) is 0 Å². The maximum atomic E-state index is 5.30. The van der Waals surface area contributed by atoms with Crippen LogP contribution in [0.25, 0.3) is 21.3 Å². The van der Waals surface area contributed by atoms with Gasteiger partial charge in [-0.2, -0.15) is 0 Å². The van der Waals surface area contributed by atoms with Crippen LogP contribution in [-0.2, 0) is 0 Å². The van der Waals surface area contributed by atoms with Gasteiger partial charge >= 0.3 is 0 Å². The van der Waals surface area contributed by atoms with Gasteiger partial charge in [0.1, 0.15) is 22.7 Å². The van der Waals surface area contributed by atoms with E-state index in [1.54, 1.807) is 24.8 Å². The molecule has 3 heterocycles. The Hall–Kier alpha value is -2.22. The van der Waals surface area contributed by atoms with Crippen LogP contribution >= 0.6 is 11.3 Å².